The smallest absolute Gasteiger partial charge is 0.313 e. The standard InChI is InChI=1S/C13H19N5O5.HI/c1-16(2)13-14-10-7(11(22)15-13)17(3)5-18(10)12-9(21)8(20)6(4-19)23-12;/h5-6,8-9,12,19-21H,4H2,1-3H3;1H/t6-,8-,9-,12-;/m1./s1. The lowest BCUT2D eigenvalue weighted by Gasteiger charge is -2.12. The minimum Gasteiger partial charge on any atom is -1.00 e. The molecular weight excluding hydrogens is 433 g/mol. The molecule has 0 amide bonds. The highest BCUT2D eigenvalue weighted by molar-refractivity contribution is 5.67. The van der Waals surface area contributed by atoms with Crippen LogP contribution in [0.25, 0.3) is 11.2 Å². The minimum absolute atomic E-state index is 0. The van der Waals surface area contributed by atoms with E-state index in [-0.39, 0.29) is 29.5 Å². The first-order valence-corrected chi connectivity index (χ1v) is 7.15. The molecule has 4 atom stereocenters. The van der Waals surface area contributed by atoms with E-state index in [9.17, 15) is 20.1 Å². The Bertz CT molecular complexity index is 791. The molecule has 4 N–H and O–H groups in total. The van der Waals surface area contributed by atoms with Crippen LogP contribution in [0.4, 0.5) is 5.95 Å². The highest BCUT2D eigenvalue weighted by atomic mass is 127. The SMILES string of the molecule is CN(C)c1nc2c(c(=O)[nH]1)n(C)c[n+]2[C@@H]1O[C@H](CO)[C@@H](O)[C@H]1O.[I-]. The Morgan fingerprint density at radius 3 is 2.62 bits per heavy atom. The number of aryl methyl sites for hydroxylation is 1. The first-order valence-electron chi connectivity index (χ1n) is 7.15. The molecule has 0 unspecified atom stereocenters. The number of aromatic amines is 1. The highest BCUT2D eigenvalue weighted by Gasteiger charge is 2.46. The molecule has 11 heteroatoms. The number of imidazole rings is 1. The second kappa shape index (κ2) is 6.92. The number of halogens is 1. The number of hydrogen-bond donors (Lipinski definition) is 4. The van der Waals surface area contributed by atoms with Crippen LogP contribution in [0.3, 0.4) is 0 Å². The van der Waals surface area contributed by atoms with Crippen molar-refractivity contribution >= 4 is 17.1 Å². The number of fused-ring (bicyclic) bond motifs is 1. The number of rotatable bonds is 3. The summed E-state index contributed by atoms with van der Waals surface area (Å²) in [6.07, 6.45) is -2.75. The van der Waals surface area contributed by atoms with Crippen LogP contribution in [-0.2, 0) is 11.8 Å². The zero-order chi connectivity index (χ0) is 16.9. The van der Waals surface area contributed by atoms with Crippen molar-refractivity contribution in [1.82, 2.24) is 14.5 Å². The van der Waals surface area contributed by atoms with Crippen LogP contribution in [0.5, 0.6) is 0 Å². The fourth-order valence-electron chi connectivity index (χ4n) is 2.75. The van der Waals surface area contributed by atoms with Crippen LogP contribution in [0, 0.1) is 0 Å². The van der Waals surface area contributed by atoms with Crippen molar-refractivity contribution in [3.8, 4) is 0 Å². The van der Waals surface area contributed by atoms with Gasteiger partial charge in [0.25, 0.3) is 11.5 Å². The second-order valence-electron chi connectivity index (χ2n) is 5.82. The molecule has 10 nitrogen and oxygen atoms in total. The molecule has 1 aliphatic heterocycles. The Morgan fingerprint density at radius 1 is 1.42 bits per heavy atom. The van der Waals surface area contributed by atoms with Gasteiger partial charge in [0.2, 0.25) is 11.7 Å². The molecule has 0 bridgehead atoms. The number of aliphatic hydroxyl groups excluding tert-OH is 3. The van der Waals surface area contributed by atoms with E-state index in [0.29, 0.717) is 17.1 Å². The van der Waals surface area contributed by atoms with Gasteiger partial charge in [-0.05, 0) is 0 Å². The Balaban J connectivity index is 0.00000208. The van der Waals surface area contributed by atoms with Crippen LogP contribution < -0.4 is 39.0 Å². The van der Waals surface area contributed by atoms with Crippen LogP contribution in [0.15, 0.2) is 11.1 Å². The summed E-state index contributed by atoms with van der Waals surface area (Å²) in [5.74, 6) is 0.356. The molecule has 3 heterocycles. The number of aliphatic hydroxyl groups is 3. The zero-order valence-electron chi connectivity index (χ0n) is 13.4. The molecule has 1 aliphatic rings. The summed E-state index contributed by atoms with van der Waals surface area (Å²) in [5.41, 5.74) is 0.301. The van der Waals surface area contributed by atoms with Gasteiger partial charge >= 0.3 is 5.65 Å². The summed E-state index contributed by atoms with van der Waals surface area (Å²) in [7, 11) is 5.15. The van der Waals surface area contributed by atoms with Crippen LogP contribution in [0.2, 0.25) is 0 Å². The minimum atomic E-state index is -1.24. The molecule has 1 saturated heterocycles. The van der Waals surface area contributed by atoms with E-state index in [1.165, 1.54) is 4.57 Å². The molecule has 0 radical (unpaired) electrons. The molecule has 0 saturated carbocycles. The van der Waals surface area contributed by atoms with Crippen molar-refractivity contribution in [2.24, 2.45) is 7.05 Å². The lowest BCUT2D eigenvalue weighted by Crippen LogP contribution is -3.00. The van der Waals surface area contributed by atoms with Crippen molar-refractivity contribution in [3.05, 3.63) is 16.7 Å². The molecule has 0 aromatic carbocycles. The van der Waals surface area contributed by atoms with Gasteiger partial charge in [0.1, 0.15) is 18.3 Å². The Morgan fingerprint density at radius 2 is 2.08 bits per heavy atom. The Hall–Kier alpha value is -1.28. The summed E-state index contributed by atoms with van der Waals surface area (Å²) < 4.78 is 8.57. The molecule has 1 fully saturated rings. The fraction of sp³-hybridized carbons (Fsp3) is 0.615. The van der Waals surface area contributed by atoms with Gasteiger partial charge in [0.05, 0.1) is 13.7 Å². The highest BCUT2D eigenvalue weighted by Crippen LogP contribution is 2.26. The maximum atomic E-state index is 12.3. The molecule has 0 aliphatic carbocycles. The molecule has 2 aromatic heterocycles. The van der Waals surface area contributed by atoms with Gasteiger partial charge in [-0.1, -0.05) is 4.98 Å². The van der Waals surface area contributed by atoms with Crippen molar-refractivity contribution < 1.29 is 48.6 Å². The maximum Gasteiger partial charge on any atom is 0.313 e. The lowest BCUT2D eigenvalue weighted by atomic mass is 10.1. The quantitative estimate of drug-likeness (QED) is 0.270. The van der Waals surface area contributed by atoms with Gasteiger partial charge in [-0.3, -0.25) is 14.3 Å². The van der Waals surface area contributed by atoms with Crippen LogP contribution in [0.1, 0.15) is 6.23 Å². The molecule has 24 heavy (non-hydrogen) atoms. The summed E-state index contributed by atoms with van der Waals surface area (Å²) in [4.78, 5) is 21.0. The third kappa shape index (κ3) is 2.90. The van der Waals surface area contributed by atoms with Gasteiger partial charge in [0.15, 0.2) is 6.33 Å². The Kier molecular flexibility index (Phi) is 5.49. The van der Waals surface area contributed by atoms with Crippen molar-refractivity contribution in [3.63, 3.8) is 0 Å². The summed E-state index contributed by atoms with van der Waals surface area (Å²) in [6.45, 7) is -0.420. The Labute approximate surface area is 154 Å². The number of H-pyrrole nitrogens is 1. The number of nitrogens with zero attached hydrogens (tertiary/aromatic N) is 4. The summed E-state index contributed by atoms with van der Waals surface area (Å²) in [6, 6.07) is 0. The normalized spacial score (nSPS) is 26.6. The second-order valence-corrected chi connectivity index (χ2v) is 5.82. The van der Waals surface area contributed by atoms with Crippen molar-refractivity contribution in [2.75, 3.05) is 25.6 Å². The van der Waals surface area contributed by atoms with E-state index in [1.54, 1.807) is 36.9 Å². The lowest BCUT2D eigenvalue weighted by molar-refractivity contribution is -0.745. The summed E-state index contributed by atoms with van der Waals surface area (Å²) >= 11 is 0. The maximum absolute atomic E-state index is 12.3. The van der Waals surface area contributed by atoms with Gasteiger partial charge in [-0.25, -0.2) is 4.57 Å². The number of hydrogen-bond acceptors (Lipinski definition) is 7. The summed E-state index contributed by atoms with van der Waals surface area (Å²) in [5, 5.41) is 29.3. The number of nitrogens with one attached hydrogen (secondary N) is 1. The predicted molar refractivity (Wildman–Crippen MR) is 78.9 cm³/mol. The zero-order valence-corrected chi connectivity index (χ0v) is 15.6. The van der Waals surface area contributed by atoms with E-state index in [2.05, 4.69) is 9.97 Å². The third-order valence-corrected chi connectivity index (χ3v) is 3.97. The number of ether oxygens (including phenoxy) is 1. The molecular formula is C13H20IN5O5. The molecule has 3 rings (SSSR count). The average Bonchev–Trinajstić information content (AvgIpc) is 2.98. The monoisotopic (exact) mass is 453 g/mol. The van der Waals surface area contributed by atoms with E-state index in [1.807, 2.05) is 0 Å². The van der Waals surface area contributed by atoms with Crippen molar-refractivity contribution in [2.45, 2.75) is 24.5 Å². The van der Waals surface area contributed by atoms with Gasteiger partial charge in [-0.15, -0.1) is 0 Å². The van der Waals surface area contributed by atoms with Gasteiger partial charge in [0, 0.05) is 14.1 Å². The van der Waals surface area contributed by atoms with Gasteiger partial charge < -0.3 is 48.9 Å². The third-order valence-electron chi connectivity index (χ3n) is 3.97. The van der Waals surface area contributed by atoms with E-state index < -0.39 is 31.1 Å². The topological polar surface area (TPSA) is 128 Å². The fourth-order valence-corrected chi connectivity index (χ4v) is 2.75. The van der Waals surface area contributed by atoms with E-state index in [0.717, 1.165) is 0 Å². The molecule has 0 spiro atoms. The predicted octanol–water partition coefficient (Wildman–Crippen LogP) is -5.77. The number of anilines is 1. The first kappa shape index (κ1) is 19.1. The van der Waals surface area contributed by atoms with Crippen LogP contribution in [-0.4, -0.2) is 68.9 Å². The van der Waals surface area contributed by atoms with Gasteiger partial charge in [-0.2, -0.15) is 0 Å². The van der Waals surface area contributed by atoms with E-state index >= 15 is 0 Å². The first-order chi connectivity index (χ1) is 10.8. The average molecular weight is 453 g/mol. The molecule has 134 valence electrons. The molecule has 2 aromatic rings. The van der Waals surface area contributed by atoms with Crippen LogP contribution >= 0.6 is 0 Å². The largest absolute Gasteiger partial charge is 1.00 e. The van der Waals surface area contributed by atoms with E-state index in [4.69, 9.17) is 4.74 Å². The van der Waals surface area contributed by atoms with Crippen molar-refractivity contribution in [1.29, 1.82) is 0 Å². The number of aromatic nitrogens is 4.